The zero-order valence-electron chi connectivity index (χ0n) is 18.7. The summed E-state index contributed by atoms with van der Waals surface area (Å²) in [5.74, 6) is 0.487. The summed E-state index contributed by atoms with van der Waals surface area (Å²) in [4.78, 5) is 29.0. The molecule has 0 N–H and O–H groups in total. The van der Waals surface area contributed by atoms with Crippen LogP contribution in [0, 0.1) is 10.1 Å². The average Bonchev–Trinajstić information content (AvgIpc) is 2.79. The Morgan fingerprint density at radius 1 is 1.27 bits per heavy atom. The maximum Gasteiger partial charge on any atom is 0.313 e. The first-order valence-corrected chi connectivity index (χ1v) is 11.7. The van der Waals surface area contributed by atoms with Gasteiger partial charge in [-0.05, 0) is 44.0 Å². The number of nitro benzene ring substituents is 1. The predicted octanol–water partition coefficient (Wildman–Crippen LogP) is 6.29. The highest BCUT2D eigenvalue weighted by molar-refractivity contribution is 9.10. The third kappa shape index (κ3) is 5.42. The zero-order chi connectivity index (χ0) is 24.3. The van der Waals surface area contributed by atoms with E-state index in [4.69, 9.17) is 16.3 Å². The fraction of sp³-hybridized carbons (Fsp3) is 0.348. The molecule has 0 saturated heterocycles. The predicted molar refractivity (Wildman–Crippen MR) is 134 cm³/mol. The van der Waals surface area contributed by atoms with E-state index in [-0.39, 0.29) is 34.0 Å². The number of nitrogens with zero attached hydrogens (tertiary/aromatic N) is 4. The van der Waals surface area contributed by atoms with Gasteiger partial charge in [-0.2, -0.15) is 9.78 Å². The van der Waals surface area contributed by atoms with E-state index in [1.165, 1.54) is 23.0 Å². The minimum Gasteiger partial charge on any atom is -0.483 e. The molecule has 174 valence electrons. The number of ether oxygens (including phenoxy) is 1. The highest BCUT2D eigenvalue weighted by atomic mass is 79.9. The topological polar surface area (TPSA) is 99.6 Å². The van der Waals surface area contributed by atoms with E-state index < -0.39 is 4.92 Å². The SMILES string of the molecule is CC[C@@H](C)c1nc2ccc(Br)cc2c(=O)n1N=Cc1cc(Cl)c(O[C@@H](C)CC)c([N+](=O)[O-])c1. The average molecular weight is 536 g/mol. The maximum atomic E-state index is 13.2. The Morgan fingerprint density at radius 2 is 2.00 bits per heavy atom. The van der Waals surface area contributed by atoms with Crippen LogP contribution in [-0.4, -0.2) is 26.9 Å². The third-order valence-electron chi connectivity index (χ3n) is 5.35. The molecule has 10 heteroatoms. The molecule has 0 radical (unpaired) electrons. The molecule has 0 unspecified atom stereocenters. The molecule has 0 aliphatic heterocycles. The Balaban J connectivity index is 2.14. The molecule has 33 heavy (non-hydrogen) atoms. The van der Waals surface area contributed by atoms with Crippen LogP contribution in [0.25, 0.3) is 10.9 Å². The normalized spacial score (nSPS) is 13.4. The second kappa shape index (κ2) is 10.4. The lowest BCUT2D eigenvalue weighted by Crippen LogP contribution is -2.23. The molecule has 0 spiro atoms. The van der Waals surface area contributed by atoms with Crippen molar-refractivity contribution in [3.63, 3.8) is 0 Å². The molecule has 3 rings (SSSR count). The van der Waals surface area contributed by atoms with E-state index in [0.717, 1.165) is 10.9 Å². The van der Waals surface area contributed by atoms with Gasteiger partial charge in [0.1, 0.15) is 5.82 Å². The van der Waals surface area contributed by atoms with E-state index in [1.807, 2.05) is 33.8 Å². The highest BCUT2D eigenvalue weighted by Gasteiger charge is 2.22. The largest absolute Gasteiger partial charge is 0.483 e. The number of benzene rings is 2. The summed E-state index contributed by atoms with van der Waals surface area (Å²) in [7, 11) is 0. The number of halogens is 2. The van der Waals surface area contributed by atoms with Crippen LogP contribution in [0.2, 0.25) is 5.02 Å². The summed E-state index contributed by atoms with van der Waals surface area (Å²) in [6, 6.07) is 8.15. The van der Waals surface area contributed by atoms with Crippen LogP contribution in [0.1, 0.15) is 57.8 Å². The highest BCUT2D eigenvalue weighted by Crippen LogP contribution is 2.36. The molecule has 3 aromatic rings. The summed E-state index contributed by atoms with van der Waals surface area (Å²) in [6.45, 7) is 7.68. The molecule has 0 aliphatic rings. The zero-order valence-corrected chi connectivity index (χ0v) is 21.1. The second-order valence-corrected chi connectivity index (χ2v) is 9.07. The number of aromatic nitrogens is 2. The molecule has 0 fully saturated rings. The van der Waals surface area contributed by atoms with E-state index in [9.17, 15) is 14.9 Å². The molecule has 1 aromatic heterocycles. The summed E-state index contributed by atoms with van der Waals surface area (Å²) in [5.41, 5.74) is 0.346. The van der Waals surface area contributed by atoms with Crippen molar-refractivity contribution in [3.05, 3.63) is 71.7 Å². The van der Waals surface area contributed by atoms with Crippen LogP contribution >= 0.6 is 27.5 Å². The lowest BCUT2D eigenvalue weighted by Gasteiger charge is -2.15. The van der Waals surface area contributed by atoms with E-state index in [2.05, 4.69) is 26.0 Å². The minimum atomic E-state index is -0.549. The number of hydrogen-bond acceptors (Lipinski definition) is 6. The van der Waals surface area contributed by atoms with Crippen molar-refractivity contribution >= 4 is 50.3 Å². The number of hydrogen-bond donors (Lipinski definition) is 0. The van der Waals surface area contributed by atoms with Gasteiger partial charge in [-0.25, -0.2) is 4.98 Å². The summed E-state index contributed by atoms with van der Waals surface area (Å²) >= 11 is 9.70. The van der Waals surface area contributed by atoms with Crippen LogP contribution in [0.4, 0.5) is 5.69 Å². The minimum absolute atomic E-state index is 0.0165. The Labute approximate surface area is 204 Å². The third-order valence-corrected chi connectivity index (χ3v) is 6.12. The van der Waals surface area contributed by atoms with Crippen molar-refractivity contribution in [3.8, 4) is 5.75 Å². The Hall–Kier alpha value is -2.78. The van der Waals surface area contributed by atoms with Crippen LogP contribution < -0.4 is 10.3 Å². The number of rotatable bonds is 8. The Bertz CT molecular complexity index is 1290. The van der Waals surface area contributed by atoms with Crippen molar-refractivity contribution in [2.75, 3.05) is 0 Å². The van der Waals surface area contributed by atoms with E-state index in [0.29, 0.717) is 28.7 Å². The molecular formula is C23H24BrClN4O4. The standard InChI is InChI=1S/C23H24BrClN4O4/c1-5-13(3)22-27-19-8-7-16(24)11-17(19)23(30)28(22)26-12-15-9-18(25)21(33-14(4)6-2)20(10-15)29(31)32/h7-14H,5-6H2,1-4H3/t13-,14+/m1/s1. The van der Waals surface area contributed by atoms with Gasteiger partial charge in [0.05, 0.1) is 33.2 Å². The van der Waals surface area contributed by atoms with Crippen molar-refractivity contribution in [2.24, 2.45) is 5.10 Å². The summed E-state index contributed by atoms with van der Waals surface area (Å²) in [5, 5.41) is 16.5. The lowest BCUT2D eigenvalue weighted by atomic mass is 10.1. The first-order valence-electron chi connectivity index (χ1n) is 10.6. The van der Waals surface area contributed by atoms with Gasteiger partial charge < -0.3 is 4.74 Å². The first kappa shape index (κ1) is 24.9. The fourth-order valence-electron chi connectivity index (χ4n) is 3.11. The van der Waals surface area contributed by atoms with E-state index in [1.54, 1.807) is 12.1 Å². The summed E-state index contributed by atoms with van der Waals surface area (Å²) in [6.07, 6.45) is 2.55. The molecule has 1 heterocycles. The molecule has 0 amide bonds. The van der Waals surface area contributed by atoms with Crippen LogP contribution in [0.5, 0.6) is 5.75 Å². The van der Waals surface area contributed by atoms with Gasteiger partial charge >= 0.3 is 5.69 Å². The molecule has 0 aliphatic carbocycles. The summed E-state index contributed by atoms with van der Waals surface area (Å²) < 4.78 is 7.65. The Morgan fingerprint density at radius 3 is 2.64 bits per heavy atom. The van der Waals surface area contributed by atoms with Gasteiger partial charge in [0.15, 0.2) is 0 Å². The number of nitro groups is 1. The van der Waals surface area contributed by atoms with Crippen molar-refractivity contribution in [1.82, 2.24) is 9.66 Å². The van der Waals surface area contributed by atoms with Crippen LogP contribution in [-0.2, 0) is 0 Å². The maximum absolute atomic E-state index is 13.2. The van der Waals surface area contributed by atoms with Gasteiger partial charge in [-0.1, -0.05) is 48.3 Å². The monoisotopic (exact) mass is 534 g/mol. The van der Waals surface area contributed by atoms with Gasteiger partial charge in [-0.3, -0.25) is 14.9 Å². The fourth-order valence-corrected chi connectivity index (χ4v) is 3.74. The molecular weight excluding hydrogens is 512 g/mol. The smallest absolute Gasteiger partial charge is 0.313 e. The van der Waals surface area contributed by atoms with Crippen molar-refractivity contribution < 1.29 is 9.66 Å². The van der Waals surface area contributed by atoms with Gasteiger partial charge in [0, 0.05) is 22.0 Å². The molecule has 0 bridgehead atoms. The quantitative estimate of drug-likeness (QED) is 0.192. The lowest BCUT2D eigenvalue weighted by molar-refractivity contribution is -0.386. The second-order valence-electron chi connectivity index (χ2n) is 7.75. The van der Waals surface area contributed by atoms with Gasteiger partial charge in [0.25, 0.3) is 5.56 Å². The first-order chi connectivity index (χ1) is 15.7. The van der Waals surface area contributed by atoms with Crippen molar-refractivity contribution in [1.29, 1.82) is 0 Å². The van der Waals surface area contributed by atoms with Gasteiger partial charge in [-0.15, -0.1) is 0 Å². The molecule has 2 atom stereocenters. The van der Waals surface area contributed by atoms with E-state index >= 15 is 0 Å². The number of fused-ring (bicyclic) bond motifs is 1. The van der Waals surface area contributed by atoms with Gasteiger partial charge in [0.2, 0.25) is 5.75 Å². The molecule has 2 aromatic carbocycles. The Kier molecular flexibility index (Phi) is 7.86. The molecule has 0 saturated carbocycles. The van der Waals surface area contributed by atoms with Crippen molar-refractivity contribution in [2.45, 2.75) is 52.6 Å². The molecule has 8 nitrogen and oxygen atoms in total. The van der Waals surface area contributed by atoms with Crippen LogP contribution in [0.3, 0.4) is 0 Å². The van der Waals surface area contributed by atoms with Crippen LogP contribution in [0.15, 0.2) is 44.7 Å².